The number of nitrogens with one attached hydrogen (secondary N) is 1. The molecule has 0 radical (unpaired) electrons. The van der Waals surface area contributed by atoms with Gasteiger partial charge in [-0.3, -0.25) is 14.6 Å². The van der Waals surface area contributed by atoms with Gasteiger partial charge in [-0.25, -0.2) is 4.98 Å². The van der Waals surface area contributed by atoms with E-state index in [0.717, 1.165) is 35.6 Å². The number of allylic oxidation sites excluding steroid dienone is 4. The molecule has 0 amide bonds. The van der Waals surface area contributed by atoms with Crippen molar-refractivity contribution in [3.05, 3.63) is 71.2 Å². The molecule has 1 saturated carbocycles. The summed E-state index contributed by atoms with van der Waals surface area (Å²) in [6.07, 6.45) is 6.27. The van der Waals surface area contributed by atoms with E-state index < -0.39 is 17.4 Å². The van der Waals surface area contributed by atoms with Crippen molar-refractivity contribution < 1.29 is 19.3 Å². The van der Waals surface area contributed by atoms with Crippen molar-refractivity contribution in [2.75, 3.05) is 19.6 Å². The molecule has 11 heteroatoms. The van der Waals surface area contributed by atoms with Crippen molar-refractivity contribution in [1.82, 2.24) is 25.0 Å². The molecule has 2 aromatic heterocycles. The lowest BCUT2D eigenvalue weighted by Gasteiger charge is -2.53. The number of likely N-dealkylation sites (tertiary alicyclic amines) is 1. The molecule has 1 saturated heterocycles. The first-order valence-corrected chi connectivity index (χ1v) is 14.6. The number of aliphatic imine (C=N–C) groups is 1. The molecule has 1 aliphatic carbocycles. The van der Waals surface area contributed by atoms with Crippen LogP contribution >= 0.6 is 0 Å². The van der Waals surface area contributed by atoms with Crippen LogP contribution in [0.1, 0.15) is 71.1 Å². The van der Waals surface area contributed by atoms with Crippen molar-refractivity contribution in [2.24, 2.45) is 4.99 Å². The zero-order chi connectivity index (χ0) is 31.2. The molecule has 0 spiro atoms. The van der Waals surface area contributed by atoms with E-state index in [-0.39, 0.29) is 13.4 Å². The summed E-state index contributed by atoms with van der Waals surface area (Å²) in [5, 5.41) is 17.4. The monoisotopic (exact) mass is 597 g/mol. The largest absolute Gasteiger partial charge is 0.474 e. The van der Waals surface area contributed by atoms with Gasteiger partial charge in [0.2, 0.25) is 5.88 Å². The number of hydrogen-bond acceptors (Lipinski definition) is 7. The number of nitriles is 1. The average Bonchev–Trinajstić information content (AvgIpc) is 3.44. The minimum atomic E-state index is -4.54. The molecular weight excluding hydrogens is 555 g/mol. The van der Waals surface area contributed by atoms with Crippen LogP contribution in [0.5, 0.6) is 5.88 Å². The minimum Gasteiger partial charge on any atom is -0.474 e. The van der Waals surface area contributed by atoms with Gasteiger partial charge in [0.05, 0.1) is 24.4 Å². The Labute approximate surface area is 253 Å². The molecule has 1 N–H and O–H groups in total. The van der Waals surface area contributed by atoms with Crippen LogP contribution in [0, 0.1) is 11.3 Å². The molecule has 43 heavy (non-hydrogen) atoms. The zero-order valence-corrected chi connectivity index (χ0v) is 25.1. The summed E-state index contributed by atoms with van der Waals surface area (Å²) < 4.78 is 48.2. The third kappa shape index (κ3) is 7.43. The Kier molecular flexibility index (Phi) is 10.2. The number of nitrogens with zero attached hydrogens (tertiary/aromatic N) is 6. The molecule has 4 rings (SSSR count). The Morgan fingerprint density at radius 3 is 2.60 bits per heavy atom. The van der Waals surface area contributed by atoms with Gasteiger partial charge in [0.25, 0.3) is 0 Å². The van der Waals surface area contributed by atoms with Gasteiger partial charge in [-0.15, -0.1) is 0 Å². The first-order valence-electron chi connectivity index (χ1n) is 14.6. The second-order valence-corrected chi connectivity index (χ2v) is 11.4. The predicted octanol–water partition coefficient (Wildman–Crippen LogP) is 6.53. The molecule has 1 aliphatic heterocycles. The first-order chi connectivity index (χ1) is 20.5. The summed E-state index contributed by atoms with van der Waals surface area (Å²) in [7, 11) is 0. The molecule has 0 atom stereocenters. The Morgan fingerprint density at radius 1 is 1.30 bits per heavy atom. The SMILES string of the molecule is C=N/C(=C(/C=C\C)C(=C)C)c1cnn(C2(CC#N)CN(C3CCC(Oc4cc(CNCC)cc(C(F)(F)F)n4)CC3)C2)c1.[HH]. The maximum atomic E-state index is 13.4. The highest BCUT2D eigenvalue weighted by molar-refractivity contribution is 5.75. The second-order valence-electron chi connectivity index (χ2n) is 11.4. The minimum absolute atomic E-state index is 0. The van der Waals surface area contributed by atoms with E-state index in [1.807, 2.05) is 43.8 Å². The number of alkyl halides is 3. The number of rotatable bonds is 12. The zero-order valence-electron chi connectivity index (χ0n) is 25.1. The molecule has 8 nitrogen and oxygen atoms in total. The number of aromatic nitrogens is 3. The molecule has 232 valence electrons. The lowest BCUT2D eigenvalue weighted by Crippen LogP contribution is -2.65. The fourth-order valence-electron chi connectivity index (χ4n) is 5.91. The second kappa shape index (κ2) is 13.7. The van der Waals surface area contributed by atoms with E-state index in [0.29, 0.717) is 62.7 Å². The lowest BCUT2D eigenvalue weighted by molar-refractivity contribution is -0.141. The Morgan fingerprint density at radius 2 is 2.02 bits per heavy atom. The maximum absolute atomic E-state index is 13.4. The highest BCUT2D eigenvalue weighted by Gasteiger charge is 2.48. The van der Waals surface area contributed by atoms with E-state index in [1.54, 1.807) is 12.3 Å². The van der Waals surface area contributed by atoms with Crippen molar-refractivity contribution >= 4 is 12.4 Å². The molecule has 3 heterocycles. The van der Waals surface area contributed by atoms with Crippen LogP contribution < -0.4 is 10.1 Å². The number of ether oxygens (including phenoxy) is 1. The molecule has 0 unspecified atom stereocenters. The summed E-state index contributed by atoms with van der Waals surface area (Å²) >= 11 is 0. The van der Waals surface area contributed by atoms with Crippen LogP contribution in [0.4, 0.5) is 13.2 Å². The normalized spacial score (nSPS) is 21.1. The molecule has 2 fully saturated rings. The Balaban J connectivity index is 0.00000529. The molecule has 2 aliphatic rings. The topological polar surface area (TPSA) is 91.4 Å². The summed E-state index contributed by atoms with van der Waals surface area (Å²) in [5.74, 6) is 0.0179. The summed E-state index contributed by atoms with van der Waals surface area (Å²) in [4.78, 5) is 10.4. The number of hydrogen-bond donors (Lipinski definition) is 1. The first kappa shape index (κ1) is 32.2. The molecule has 2 aromatic rings. The van der Waals surface area contributed by atoms with E-state index in [2.05, 4.69) is 44.7 Å². The highest BCUT2D eigenvalue weighted by atomic mass is 19.4. The number of pyridine rings is 1. The van der Waals surface area contributed by atoms with Gasteiger partial charge in [-0.05, 0) is 70.0 Å². The van der Waals surface area contributed by atoms with Crippen molar-refractivity contribution in [1.29, 1.82) is 5.26 Å². The van der Waals surface area contributed by atoms with E-state index in [9.17, 15) is 18.4 Å². The van der Waals surface area contributed by atoms with Crippen LogP contribution in [-0.4, -0.2) is 58.2 Å². The van der Waals surface area contributed by atoms with Crippen molar-refractivity contribution in [2.45, 2.75) is 83.3 Å². The van der Waals surface area contributed by atoms with Crippen LogP contribution in [0.3, 0.4) is 0 Å². The fourth-order valence-corrected chi connectivity index (χ4v) is 5.91. The maximum Gasteiger partial charge on any atom is 0.433 e. The smallest absolute Gasteiger partial charge is 0.433 e. The fraction of sp³-hybridized carbons (Fsp3) is 0.500. The predicted molar refractivity (Wildman–Crippen MR) is 164 cm³/mol. The molecular formula is C32H42F3N7O. The van der Waals surface area contributed by atoms with Gasteiger partial charge < -0.3 is 10.1 Å². The Hall–Kier alpha value is -3.75. The Bertz CT molecular complexity index is 1410. The lowest BCUT2D eigenvalue weighted by atomic mass is 9.82. The highest BCUT2D eigenvalue weighted by Crippen LogP contribution is 2.39. The van der Waals surface area contributed by atoms with Crippen LogP contribution in [0.15, 0.2) is 59.4 Å². The van der Waals surface area contributed by atoms with Crippen LogP contribution in [0.25, 0.3) is 5.70 Å². The third-order valence-electron chi connectivity index (χ3n) is 8.13. The van der Waals surface area contributed by atoms with Gasteiger partial charge in [-0.1, -0.05) is 25.7 Å². The average molecular weight is 598 g/mol. The van der Waals surface area contributed by atoms with Crippen molar-refractivity contribution in [3.63, 3.8) is 0 Å². The van der Waals surface area contributed by atoms with Gasteiger partial charge >= 0.3 is 6.18 Å². The molecule has 0 bridgehead atoms. The van der Waals surface area contributed by atoms with Gasteiger partial charge in [0, 0.05) is 50.5 Å². The third-order valence-corrected chi connectivity index (χ3v) is 8.13. The van der Waals surface area contributed by atoms with E-state index in [4.69, 9.17) is 4.74 Å². The standard InChI is InChI=1S/C32H40F3N7O.H2/c1-6-8-27(22(3)4)30(37-5)24-18-39-42(19-24)31(13-14-36)20-41(21-31)25-9-11-26(12-10-25)43-29-16-23(17-38-7-2)15-28(40-29)32(33,34)35;/h6,8,15-16,18-19,25-26,38H,3,5,7,9-13,17,20-21H2,1-2,4H3;1H/b8-6-,30-27-;. The summed E-state index contributed by atoms with van der Waals surface area (Å²) in [6.45, 7) is 15.9. The van der Waals surface area contributed by atoms with Crippen LogP contribution in [-0.2, 0) is 18.3 Å². The van der Waals surface area contributed by atoms with Gasteiger partial charge in [0.15, 0.2) is 0 Å². The summed E-state index contributed by atoms with van der Waals surface area (Å²) in [6, 6.07) is 5.30. The quantitative estimate of drug-likeness (QED) is 0.221. The van der Waals surface area contributed by atoms with Gasteiger partial charge in [0.1, 0.15) is 17.3 Å². The van der Waals surface area contributed by atoms with Crippen molar-refractivity contribution in [3.8, 4) is 11.9 Å². The van der Waals surface area contributed by atoms with Crippen LogP contribution in [0.2, 0.25) is 0 Å². The molecule has 0 aromatic carbocycles. The van der Waals surface area contributed by atoms with E-state index in [1.165, 1.54) is 0 Å². The van der Waals surface area contributed by atoms with Gasteiger partial charge in [-0.2, -0.15) is 23.5 Å². The summed E-state index contributed by atoms with van der Waals surface area (Å²) in [5.41, 5.74) is 2.38. The van der Waals surface area contributed by atoms with E-state index >= 15 is 0 Å². The number of halogens is 3.